The van der Waals surface area contributed by atoms with Gasteiger partial charge >= 0.3 is 6.03 Å². The quantitative estimate of drug-likeness (QED) is 0.668. The van der Waals surface area contributed by atoms with Crippen LogP contribution in [0.15, 0.2) is 12.4 Å². The van der Waals surface area contributed by atoms with Gasteiger partial charge in [0.2, 0.25) is 5.91 Å². The minimum atomic E-state index is -0.503. The molecule has 100 valence electrons. The fraction of sp³-hybridized carbons (Fsp3) is 0.545. The van der Waals surface area contributed by atoms with Crippen LogP contribution in [0.25, 0.3) is 0 Å². The second-order valence-electron chi connectivity index (χ2n) is 4.02. The van der Waals surface area contributed by atoms with E-state index in [9.17, 15) is 9.59 Å². The van der Waals surface area contributed by atoms with Crippen molar-refractivity contribution in [3.63, 3.8) is 0 Å². The van der Waals surface area contributed by atoms with Gasteiger partial charge in [0, 0.05) is 19.8 Å². The van der Waals surface area contributed by atoms with Gasteiger partial charge in [-0.1, -0.05) is 0 Å². The number of urea groups is 1. The van der Waals surface area contributed by atoms with E-state index in [0.717, 1.165) is 5.56 Å². The summed E-state index contributed by atoms with van der Waals surface area (Å²) < 4.78 is 1.80. The van der Waals surface area contributed by atoms with Gasteiger partial charge in [0.25, 0.3) is 0 Å². The van der Waals surface area contributed by atoms with Gasteiger partial charge in [-0.25, -0.2) is 4.79 Å². The van der Waals surface area contributed by atoms with Crippen LogP contribution in [0.1, 0.15) is 12.5 Å². The first-order chi connectivity index (χ1) is 8.52. The Kier molecular flexibility index (Phi) is 5.31. The molecule has 0 saturated heterocycles. The minimum absolute atomic E-state index is 0.356. The molecule has 0 saturated carbocycles. The number of amides is 3. The molecule has 1 heterocycles. The van der Waals surface area contributed by atoms with Crippen LogP contribution in [0, 0.1) is 6.92 Å². The zero-order valence-electron chi connectivity index (χ0n) is 10.9. The number of nitrogens with one attached hydrogen (secondary N) is 3. The van der Waals surface area contributed by atoms with Crippen molar-refractivity contribution in [1.82, 2.24) is 25.7 Å². The number of hydrogen-bond acceptors (Lipinski definition) is 4. The van der Waals surface area contributed by atoms with E-state index in [1.807, 2.05) is 13.1 Å². The van der Waals surface area contributed by atoms with E-state index in [4.69, 9.17) is 0 Å². The van der Waals surface area contributed by atoms with E-state index in [0.29, 0.717) is 13.1 Å². The first-order valence-electron chi connectivity index (χ1n) is 5.78. The van der Waals surface area contributed by atoms with E-state index < -0.39 is 12.1 Å². The van der Waals surface area contributed by atoms with Crippen LogP contribution in [0.5, 0.6) is 0 Å². The third kappa shape index (κ3) is 4.54. The summed E-state index contributed by atoms with van der Waals surface area (Å²) in [4.78, 5) is 22.4. The molecule has 0 aliphatic carbocycles. The van der Waals surface area contributed by atoms with Crippen molar-refractivity contribution < 1.29 is 9.59 Å². The van der Waals surface area contributed by atoms with E-state index in [1.165, 1.54) is 7.05 Å². The van der Waals surface area contributed by atoms with Crippen molar-refractivity contribution in [1.29, 1.82) is 0 Å². The van der Waals surface area contributed by atoms with Gasteiger partial charge in [-0.2, -0.15) is 5.10 Å². The molecule has 7 heteroatoms. The van der Waals surface area contributed by atoms with Crippen LogP contribution in [-0.2, 0) is 11.3 Å². The monoisotopic (exact) mass is 253 g/mol. The Morgan fingerprint density at radius 3 is 2.78 bits per heavy atom. The van der Waals surface area contributed by atoms with Crippen molar-refractivity contribution in [2.45, 2.75) is 26.4 Å². The fourth-order valence-electron chi connectivity index (χ4n) is 1.36. The topological polar surface area (TPSA) is 88.0 Å². The molecular formula is C11H19N5O2. The Hall–Kier alpha value is -1.89. The molecule has 0 bridgehead atoms. The standard InChI is InChI=1S/C11H19N5O2/c1-8-6-14-16(7-8)5-4-13-9(2)10(17)15-11(18)12-3/h6-7,9,13H,4-5H2,1-3H3,(H2,12,15,17,18). The van der Waals surface area contributed by atoms with Gasteiger partial charge in [-0.3, -0.25) is 14.8 Å². The Bertz CT molecular complexity index is 415. The van der Waals surface area contributed by atoms with E-state index in [2.05, 4.69) is 21.0 Å². The fourth-order valence-corrected chi connectivity index (χ4v) is 1.36. The lowest BCUT2D eigenvalue weighted by Gasteiger charge is -2.13. The maximum absolute atomic E-state index is 11.5. The van der Waals surface area contributed by atoms with Gasteiger partial charge in [0.15, 0.2) is 0 Å². The SMILES string of the molecule is CNC(=O)NC(=O)C(C)NCCn1cc(C)cn1. The average Bonchev–Trinajstić information content (AvgIpc) is 2.74. The molecule has 1 atom stereocenters. The van der Waals surface area contributed by atoms with Crippen molar-refractivity contribution in [2.24, 2.45) is 0 Å². The van der Waals surface area contributed by atoms with Gasteiger partial charge in [0.1, 0.15) is 0 Å². The number of carbonyl (C=O) groups excluding carboxylic acids is 2. The molecule has 0 aromatic carbocycles. The van der Waals surface area contributed by atoms with Gasteiger partial charge in [-0.15, -0.1) is 0 Å². The normalized spacial score (nSPS) is 11.9. The molecule has 0 spiro atoms. The average molecular weight is 253 g/mol. The van der Waals surface area contributed by atoms with E-state index >= 15 is 0 Å². The highest BCUT2D eigenvalue weighted by atomic mass is 16.2. The van der Waals surface area contributed by atoms with Crippen LogP contribution < -0.4 is 16.0 Å². The smallest absolute Gasteiger partial charge is 0.321 e. The molecule has 1 rings (SSSR count). The molecule has 7 nitrogen and oxygen atoms in total. The Labute approximate surface area is 106 Å². The Morgan fingerprint density at radius 2 is 2.22 bits per heavy atom. The summed E-state index contributed by atoms with van der Waals surface area (Å²) in [6.07, 6.45) is 3.71. The van der Waals surface area contributed by atoms with E-state index in [1.54, 1.807) is 17.8 Å². The Morgan fingerprint density at radius 1 is 1.50 bits per heavy atom. The molecule has 1 aromatic heterocycles. The first kappa shape index (κ1) is 14.2. The van der Waals surface area contributed by atoms with Crippen molar-refractivity contribution >= 4 is 11.9 Å². The molecule has 0 fully saturated rings. The van der Waals surface area contributed by atoms with Gasteiger partial charge < -0.3 is 10.6 Å². The number of imide groups is 1. The third-order valence-corrected chi connectivity index (χ3v) is 2.41. The number of hydrogen-bond donors (Lipinski definition) is 3. The van der Waals surface area contributed by atoms with Crippen LogP contribution >= 0.6 is 0 Å². The second-order valence-corrected chi connectivity index (χ2v) is 4.02. The maximum atomic E-state index is 11.5. The zero-order chi connectivity index (χ0) is 13.5. The summed E-state index contributed by atoms with van der Waals surface area (Å²) in [5.74, 6) is -0.356. The van der Waals surface area contributed by atoms with Crippen LogP contribution in [0.2, 0.25) is 0 Å². The molecule has 18 heavy (non-hydrogen) atoms. The number of aryl methyl sites for hydroxylation is 1. The summed E-state index contributed by atoms with van der Waals surface area (Å²) in [5, 5.41) is 11.7. The Balaban J connectivity index is 2.26. The highest BCUT2D eigenvalue weighted by Gasteiger charge is 2.13. The summed E-state index contributed by atoms with van der Waals surface area (Å²) in [6, 6.07) is -0.935. The molecule has 3 amide bonds. The summed E-state index contributed by atoms with van der Waals surface area (Å²) in [6.45, 7) is 4.94. The lowest BCUT2D eigenvalue weighted by Crippen LogP contribution is -2.47. The van der Waals surface area contributed by atoms with Crippen molar-refractivity contribution in [3.05, 3.63) is 18.0 Å². The molecule has 0 aliphatic heterocycles. The molecular weight excluding hydrogens is 234 g/mol. The van der Waals surface area contributed by atoms with Crippen LogP contribution in [0.3, 0.4) is 0 Å². The molecule has 3 N–H and O–H groups in total. The summed E-state index contributed by atoms with van der Waals surface area (Å²) in [7, 11) is 1.46. The van der Waals surface area contributed by atoms with Gasteiger partial charge in [-0.05, 0) is 19.4 Å². The van der Waals surface area contributed by atoms with Crippen molar-refractivity contribution in [3.8, 4) is 0 Å². The lowest BCUT2D eigenvalue weighted by atomic mass is 10.3. The summed E-state index contributed by atoms with van der Waals surface area (Å²) >= 11 is 0. The lowest BCUT2D eigenvalue weighted by molar-refractivity contribution is -0.121. The maximum Gasteiger partial charge on any atom is 0.321 e. The van der Waals surface area contributed by atoms with Crippen LogP contribution in [0.4, 0.5) is 4.79 Å². The zero-order valence-corrected chi connectivity index (χ0v) is 10.9. The third-order valence-electron chi connectivity index (χ3n) is 2.41. The number of rotatable bonds is 5. The molecule has 0 aliphatic rings. The predicted octanol–water partition coefficient (Wildman–Crippen LogP) is -0.375. The first-order valence-corrected chi connectivity index (χ1v) is 5.78. The predicted molar refractivity (Wildman–Crippen MR) is 67.0 cm³/mol. The minimum Gasteiger partial charge on any atom is -0.341 e. The van der Waals surface area contributed by atoms with Crippen LogP contribution in [-0.4, -0.2) is 41.4 Å². The molecule has 1 unspecified atom stereocenters. The number of carbonyl (C=O) groups is 2. The second kappa shape index (κ2) is 6.75. The van der Waals surface area contributed by atoms with E-state index in [-0.39, 0.29) is 5.91 Å². The largest absolute Gasteiger partial charge is 0.341 e. The molecule has 0 radical (unpaired) electrons. The number of aromatic nitrogens is 2. The summed E-state index contributed by atoms with van der Waals surface area (Å²) in [5.41, 5.74) is 1.10. The van der Waals surface area contributed by atoms with Gasteiger partial charge in [0.05, 0.1) is 18.8 Å². The molecule has 1 aromatic rings. The number of nitrogens with zero attached hydrogens (tertiary/aromatic N) is 2. The van der Waals surface area contributed by atoms with Crippen molar-refractivity contribution in [2.75, 3.05) is 13.6 Å². The highest BCUT2D eigenvalue weighted by Crippen LogP contribution is 1.93. The highest BCUT2D eigenvalue weighted by molar-refractivity contribution is 5.96.